The molecule has 0 unspecified atom stereocenters. The number of hydrogen-bond donors (Lipinski definition) is 0. The molecular formula is C25H16ClNO6S. The highest BCUT2D eigenvalue weighted by atomic mass is 35.5. The SMILES string of the molecule is O=C(Oc1ccc(/C=C2\SC(=O)N(Cc3cc4c(cc3Cl)OCO4)C2=O)cc1)c1ccccc1. The molecule has 2 aliphatic heterocycles. The number of carbonyl (C=O) groups is 3. The molecule has 0 aromatic heterocycles. The van der Waals surface area contributed by atoms with Gasteiger partial charge in [0.2, 0.25) is 6.79 Å². The first-order valence-corrected chi connectivity index (χ1v) is 11.4. The average molecular weight is 494 g/mol. The number of hydrogen-bond acceptors (Lipinski definition) is 7. The van der Waals surface area contributed by atoms with Crippen LogP contribution in [0, 0.1) is 0 Å². The van der Waals surface area contributed by atoms with Gasteiger partial charge in [0.1, 0.15) is 5.75 Å². The minimum absolute atomic E-state index is 0.0197. The van der Waals surface area contributed by atoms with Crippen molar-refractivity contribution < 1.29 is 28.6 Å². The third kappa shape index (κ3) is 4.50. The van der Waals surface area contributed by atoms with Crippen molar-refractivity contribution in [3.05, 3.63) is 93.3 Å². The minimum Gasteiger partial charge on any atom is -0.454 e. The van der Waals surface area contributed by atoms with Crippen LogP contribution in [0.3, 0.4) is 0 Å². The lowest BCUT2D eigenvalue weighted by atomic mass is 10.1. The molecule has 0 spiro atoms. The summed E-state index contributed by atoms with van der Waals surface area (Å²) in [5.41, 5.74) is 1.72. The Hall–Kier alpha value is -3.75. The van der Waals surface area contributed by atoms with Crippen LogP contribution in [0.1, 0.15) is 21.5 Å². The Morgan fingerprint density at radius 1 is 1.03 bits per heavy atom. The topological polar surface area (TPSA) is 82.1 Å². The average Bonchev–Trinajstić information content (AvgIpc) is 3.40. The molecule has 2 aliphatic rings. The summed E-state index contributed by atoms with van der Waals surface area (Å²) in [5, 5.41) is -0.00804. The van der Waals surface area contributed by atoms with Crippen molar-refractivity contribution in [1.82, 2.24) is 4.90 Å². The molecule has 3 aromatic carbocycles. The maximum atomic E-state index is 12.9. The molecule has 170 valence electrons. The van der Waals surface area contributed by atoms with Crippen LogP contribution in [0.4, 0.5) is 4.79 Å². The van der Waals surface area contributed by atoms with Crippen molar-refractivity contribution in [3.8, 4) is 17.2 Å². The zero-order chi connectivity index (χ0) is 23.7. The first kappa shape index (κ1) is 22.1. The van der Waals surface area contributed by atoms with Gasteiger partial charge in [-0.25, -0.2) is 4.79 Å². The molecule has 0 aliphatic carbocycles. The van der Waals surface area contributed by atoms with Crippen molar-refractivity contribution in [2.45, 2.75) is 6.54 Å². The molecule has 34 heavy (non-hydrogen) atoms. The first-order valence-electron chi connectivity index (χ1n) is 10.2. The Labute approximate surface area is 203 Å². The number of ether oxygens (including phenoxy) is 3. The highest BCUT2D eigenvalue weighted by Gasteiger charge is 2.35. The van der Waals surface area contributed by atoms with Crippen molar-refractivity contribution in [3.63, 3.8) is 0 Å². The van der Waals surface area contributed by atoms with Gasteiger partial charge in [-0.2, -0.15) is 0 Å². The Balaban J connectivity index is 1.28. The van der Waals surface area contributed by atoms with Gasteiger partial charge >= 0.3 is 5.97 Å². The van der Waals surface area contributed by atoms with Crippen LogP contribution in [-0.2, 0) is 11.3 Å². The molecule has 1 saturated heterocycles. The lowest BCUT2D eigenvalue weighted by Gasteiger charge is -2.14. The zero-order valence-corrected chi connectivity index (χ0v) is 19.1. The van der Waals surface area contributed by atoms with E-state index < -0.39 is 17.1 Å². The largest absolute Gasteiger partial charge is 0.454 e. The maximum Gasteiger partial charge on any atom is 0.343 e. The molecule has 0 N–H and O–H groups in total. The number of fused-ring (bicyclic) bond motifs is 1. The second-order valence-electron chi connectivity index (χ2n) is 7.39. The van der Waals surface area contributed by atoms with E-state index in [4.69, 9.17) is 25.8 Å². The van der Waals surface area contributed by atoms with Gasteiger partial charge in [0.15, 0.2) is 11.5 Å². The smallest absolute Gasteiger partial charge is 0.343 e. The Morgan fingerprint density at radius 2 is 1.74 bits per heavy atom. The van der Waals surface area contributed by atoms with Crippen LogP contribution < -0.4 is 14.2 Å². The highest BCUT2D eigenvalue weighted by Crippen LogP contribution is 2.39. The molecule has 1 fully saturated rings. The highest BCUT2D eigenvalue weighted by molar-refractivity contribution is 8.18. The van der Waals surface area contributed by atoms with Gasteiger partial charge in [-0.3, -0.25) is 14.5 Å². The molecule has 0 bridgehead atoms. The van der Waals surface area contributed by atoms with Crippen LogP contribution >= 0.6 is 23.4 Å². The van der Waals surface area contributed by atoms with Gasteiger partial charge in [-0.15, -0.1) is 0 Å². The van der Waals surface area contributed by atoms with E-state index in [-0.39, 0.29) is 18.2 Å². The normalized spacial score (nSPS) is 15.8. The molecule has 0 saturated carbocycles. The van der Waals surface area contributed by atoms with E-state index in [1.54, 1.807) is 66.7 Å². The van der Waals surface area contributed by atoms with Crippen LogP contribution in [0.5, 0.6) is 17.2 Å². The third-order valence-corrected chi connectivity index (χ3v) is 6.40. The van der Waals surface area contributed by atoms with E-state index in [0.29, 0.717) is 39.0 Å². The molecule has 5 rings (SSSR count). The van der Waals surface area contributed by atoms with Gasteiger partial charge in [0.05, 0.1) is 17.0 Å². The van der Waals surface area contributed by atoms with E-state index >= 15 is 0 Å². The standard InChI is InChI=1S/C25H16ClNO6S/c26-19-12-21-20(31-14-32-21)11-17(19)13-27-23(28)22(34-25(27)30)10-15-6-8-18(9-7-15)33-24(29)16-4-2-1-3-5-16/h1-12H,13-14H2/b22-10-. The molecule has 0 radical (unpaired) electrons. The third-order valence-electron chi connectivity index (χ3n) is 5.14. The van der Waals surface area contributed by atoms with Crippen molar-refractivity contribution in [2.75, 3.05) is 6.79 Å². The molecule has 9 heteroatoms. The summed E-state index contributed by atoms with van der Waals surface area (Å²) in [6, 6.07) is 18.6. The van der Waals surface area contributed by atoms with Crippen LogP contribution in [0.2, 0.25) is 5.02 Å². The number of carbonyl (C=O) groups excluding carboxylic acids is 3. The number of esters is 1. The molecule has 3 aromatic rings. The Bertz CT molecular complexity index is 1320. The number of thioether (sulfide) groups is 1. The van der Waals surface area contributed by atoms with Gasteiger partial charge in [-0.1, -0.05) is 41.9 Å². The van der Waals surface area contributed by atoms with Crippen LogP contribution in [-0.4, -0.2) is 28.8 Å². The monoisotopic (exact) mass is 493 g/mol. The van der Waals surface area contributed by atoms with E-state index in [1.807, 2.05) is 6.07 Å². The fraction of sp³-hybridized carbons (Fsp3) is 0.0800. The van der Waals surface area contributed by atoms with E-state index in [2.05, 4.69) is 0 Å². The number of nitrogens with zero attached hydrogens (tertiary/aromatic N) is 1. The summed E-state index contributed by atoms with van der Waals surface area (Å²) >= 11 is 7.15. The summed E-state index contributed by atoms with van der Waals surface area (Å²) in [7, 11) is 0. The first-order chi connectivity index (χ1) is 16.5. The van der Waals surface area contributed by atoms with Gasteiger partial charge < -0.3 is 14.2 Å². The molecule has 2 heterocycles. The predicted molar refractivity (Wildman–Crippen MR) is 127 cm³/mol. The lowest BCUT2D eigenvalue weighted by Crippen LogP contribution is -2.27. The summed E-state index contributed by atoms with van der Waals surface area (Å²) in [4.78, 5) is 39.0. The molecule has 0 atom stereocenters. The second-order valence-corrected chi connectivity index (χ2v) is 8.79. The fourth-order valence-corrected chi connectivity index (χ4v) is 4.46. The van der Waals surface area contributed by atoms with E-state index in [9.17, 15) is 14.4 Å². The number of amides is 2. The van der Waals surface area contributed by atoms with Gasteiger partial charge in [0, 0.05) is 11.1 Å². The number of rotatable bonds is 5. The minimum atomic E-state index is -0.461. The van der Waals surface area contributed by atoms with E-state index in [0.717, 1.165) is 16.7 Å². The number of halogens is 1. The summed E-state index contributed by atoms with van der Waals surface area (Å²) in [6.07, 6.45) is 1.62. The Morgan fingerprint density at radius 3 is 2.47 bits per heavy atom. The van der Waals surface area contributed by atoms with E-state index in [1.165, 1.54) is 0 Å². The molecular weight excluding hydrogens is 478 g/mol. The summed E-state index contributed by atoms with van der Waals surface area (Å²) in [6.45, 7) is 0.121. The Kier molecular flexibility index (Phi) is 6.00. The summed E-state index contributed by atoms with van der Waals surface area (Å²) < 4.78 is 16.0. The zero-order valence-electron chi connectivity index (χ0n) is 17.5. The molecule has 7 nitrogen and oxygen atoms in total. The van der Waals surface area contributed by atoms with Crippen molar-refractivity contribution in [2.24, 2.45) is 0 Å². The molecule has 2 amide bonds. The van der Waals surface area contributed by atoms with Crippen LogP contribution in [0.15, 0.2) is 71.6 Å². The summed E-state index contributed by atoms with van der Waals surface area (Å²) in [5.74, 6) is 0.548. The quantitative estimate of drug-likeness (QED) is 0.263. The lowest BCUT2D eigenvalue weighted by molar-refractivity contribution is -0.123. The number of benzene rings is 3. The van der Waals surface area contributed by atoms with Crippen molar-refractivity contribution in [1.29, 1.82) is 0 Å². The number of imide groups is 1. The van der Waals surface area contributed by atoms with Gasteiger partial charge in [0.25, 0.3) is 11.1 Å². The predicted octanol–water partition coefficient (Wildman–Crippen LogP) is 5.52. The maximum absolute atomic E-state index is 12.9. The van der Waals surface area contributed by atoms with Crippen LogP contribution in [0.25, 0.3) is 6.08 Å². The fourth-order valence-electron chi connectivity index (χ4n) is 3.41. The van der Waals surface area contributed by atoms with Crippen molar-refractivity contribution >= 4 is 46.6 Å². The second kappa shape index (κ2) is 9.24. The van der Waals surface area contributed by atoms with Gasteiger partial charge in [-0.05, 0) is 59.3 Å².